The molecule has 2 aliphatic heterocycles. The van der Waals surface area contributed by atoms with Gasteiger partial charge in [-0.2, -0.15) is 0 Å². The SMILES string of the molecule is CC1(C(=O)NC2CCN(CC(N)=O)CC2)CCCCO1. The quantitative estimate of drug-likeness (QED) is 0.761. The van der Waals surface area contributed by atoms with E-state index in [0.29, 0.717) is 13.2 Å². The fraction of sp³-hybridized carbons (Fsp3) is 0.857. The molecule has 0 radical (unpaired) electrons. The monoisotopic (exact) mass is 283 g/mol. The third kappa shape index (κ3) is 3.93. The minimum Gasteiger partial charge on any atom is -0.369 e. The Balaban J connectivity index is 1.77. The summed E-state index contributed by atoms with van der Waals surface area (Å²) in [5.41, 5.74) is 4.52. The van der Waals surface area contributed by atoms with Crippen LogP contribution < -0.4 is 11.1 Å². The highest BCUT2D eigenvalue weighted by molar-refractivity contribution is 5.85. The Bertz CT molecular complexity index is 359. The van der Waals surface area contributed by atoms with Gasteiger partial charge in [-0.25, -0.2) is 0 Å². The van der Waals surface area contributed by atoms with Crippen LogP contribution in [0.15, 0.2) is 0 Å². The second-order valence-corrected chi connectivity index (χ2v) is 6.03. The molecular formula is C14H25N3O3. The van der Waals surface area contributed by atoms with E-state index < -0.39 is 5.60 Å². The molecule has 6 nitrogen and oxygen atoms in total. The van der Waals surface area contributed by atoms with Gasteiger partial charge in [-0.15, -0.1) is 0 Å². The summed E-state index contributed by atoms with van der Waals surface area (Å²) in [5.74, 6) is -0.291. The molecule has 2 heterocycles. The maximum atomic E-state index is 12.3. The lowest BCUT2D eigenvalue weighted by Crippen LogP contribution is -2.54. The molecule has 114 valence electrons. The topological polar surface area (TPSA) is 84.7 Å². The van der Waals surface area contributed by atoms with E-state index in [1.54, 1.807) is 0 Å². The van der Waals surface area contributed by atoms with E-state index in [0.717, 1.165) is 45.2 Å². The van der Waals surface area contributed by atoms with E-state index in [2.05, 4.69) is 5.32 Å². The van der Waals surface area contributed by atoms with Crippen molar-refractivity contribution in [2.24, 2.45) is 5.73 Å². The van der Waals surface area contributed by atoms with Gasteiger partial charge in [-0.05, 0) is 39.0 Å². The number of carbonyl (C=O) groups excluding carboxylic acids is 2. The average Bonchev–Trinajstić information content (AvgIpc) is 2.41. The van der Waals surface area contributed by atoms with Crippen LogP contribution in [0.1, 0.15) is 39.0 Å². The lowest BCUT2D eigenvalue weighted by atomic mass is 9.94. The van der Waals surface area contributed by atoms with Crippen molar-refractivity contribution in [3.8, 4) is 0 Å². The summed E-state index contributed by atoms with van der Waals surface area (Å²) < 4.78 is 5.66. The Morgan fingerprint density at radius 3 is 2.60 bits per heavy atom. The molecule has 2 aliphatic rings. The van der Waals surface area contributed by atoms with Gasteiger partial charge in [0.2, 0.25) is 5.91 Å². The number of nitrogens with two attached hydrogens (primary N) is 1. The van der Waals surface area contributed by atoms with Crippen LogP contribution >= 0.6 is 0 Å². The van der Waals surface area contributed by atoms with Crippen LogP contribution in [0.2, 0.25) is 0 Å². The van der Waals surface area contributed by atoms with Crippen molar-refractivity contribution < 1.29 is 14.3 Å². The number of ether oxygens (including phenoxy) is 1. The van der Waals surface area contributed by atoms with Crippen LogP contribution in [0.4, 0.5) is 0 Å². The highest BCUT2D eigenvalue weighted by Crippen LogP contribution is 2.25. The number of amides is 2. The van der Waals surface area contributed by atoms with Crippen molar-refractivity contribution >= 4 is 11.8 Å². The van der Waals surface area contributed by atoms with E-state index in [1.165, 1.54) is 0 Å². The first-order chi connectivity index (χ1) is 9.49. The smallest absolute Gasteiger partial charge is 0.252 e. The van der Waals surface area contributed by atoms with Crippen LogP contribution in [0.3, 0.4) is 0 Å². The number of hydrogen-bond acceptors (Lipinski definition) is 4. The first kappa shape index (κ1) is 15.3. The molecule has 0 aromatic rings. The maximum absolute atomic E-state index is 12.3. The molecule has 6 heteroatoms. The van der Waals surface area contributed by atoms with E-state index >= 15 is 0 Å². The molecule has 20 heavy (non-hydrogen) atoms. The molecule has 2 saturated heterocycles. The van der Waals surface area contributed by atoms with Gasteiger partial charge >= 0.3 is 0 Å². The Morgan fingerprint density at radius 1 is 1.35 bits per heavy atom. The summed E-state index contributed by atoms with van der Waals surface area (Å²) in [6.07, 6.45) is 4.58. The van der Waals surface area contributed by atoms with Crippen LogP contribution in [-0.2, 0) is 14.3 Å². The number of hydrogen-bond donors (Lipinski definition) is 2. The second-order valence-electron chi connectivity index (χ2n) is 6.03. The van der Waals surface area contributed by atoms with Gasteiger partial charge in [0.25, 0.3) is 5.91 Å². The molecule has 0 spiro atoms. The van der Waals surface area contributed by atoms with Crippen molar-refractivity contribution in [1.82, 2.24) is 10.2 Å². The summed E-state index contributed by atoms with van der Waals surface area (Å²) in [6, 6.07) is 0.175. The zero-order chi connectivity index (χ0) is 14.6. The van der Waals surface area contributed by atoms with Gasteiger partial charge in [0.15, 0.2) is 0 Å². The molecule has 0 saturated carbocycles. The third-order valence-corrected chi connectivity index (χ3v) is 4.25. The van der Waals surface area contributed by atoms with E-state index in [1.807, 2.05) is 11.8 Å². The molecule has 2 amide bonds. The molecule has 2 fully saturated rings. The van der Waals surface area contributed by atoms with Crippen LogP contribution in [0, 0.1) is 0 Å². The number of piperidine rings is 1. The van der Waals surface area contributed by atoms with Crippen molar-refractivity contribution in [3.63, 3.8) is 0 Å². The van der Waals surface area contributed by atoms with Crippen LogP contribution in [0.5, 0.6) is 0 Å². The molecule has 2 rings (SSSR count). The predicted molar refractivity (Wildman–Crippen MR) is 75.0 cm³/mol. The highest BCUT2D eigenvalue weighted by atomic mass is 16.5. The minimum absolute atomic E-state index is 0.00514. The summed E-state index contributed by atoms with van der Waals surface area (Å²) in [7, 11) is 0. The molecule has 3 N–H and O–H groups in total. The summed E-state index contributed by atoms with van der Waals surface area (Å²) in [4.78, 5) is 25.2. The normalized spacial score (nSPS) is 29.1. The van der Waals surface area contributed by atoms with Crippen molar-refractivity contribution in [2.75, 3.05) is 26.2 Å². The van der Waals surface area contributed by atoms with Crippen LogP contribution in [-0.4, -0.2) is 54.6 Å². The molecular weight excluding hydrogens is 258 g/mol. The van der Waals surface area contributed by atoms with E-state index in [9.17, 15) is 9.59 Å². The van der Waals surface area contributed by atoms with Crippen molar-refractivity contribution in [2.45, 2.75) is 50.7 Å². The zero-order valence-corrected chi connectivity index (χ0v) is 12.2. The van der Waals surface area contributed by atoms with E-state index in [-0.39, 0.29) is 17.9 Å². The second kappa shape index (κ2) is 6.54. The van der Waals surface area contributed by atoms with Gasteiger partial charge < -0.3 is 15.8 Å². The number of nitrogens with one attached hydrogen (secondary N) is 1. The fourth-order valence-electron chi connectivity index (χ4n) is 2.91. The lowest BCUT2D eigenvalue weighted by Gasteiger charge is -2.36. The number of carbonyl (C=O) groups is 2. The van der Waals surface area contributed by atoms with E-state index in [4.69, 9.17) is 10.5 Å². The molecule has 0 aliphatic carbocycles. The molecule has 1 atom stereocenters. The zero-order valence-electron chi connectivity index (χ0n) is 12.2. The molecule has 1 unspecified atom stereocenters. The number of likely N-dealkylation sites (tertiary alicyclic amines) is 1. The predicted octanol–water partition coefficient (Wildman–Crippen LogP) is 0.0115. The van der Waals surface area contributed by atoms with Gasteiger partial charge in [-0.3, -0.25) is 14.5 Å². The van der Waals surface area contributed by atoms with Gasteiger partial charge in [0, 0.05) is 25.7 Å². The minimum atomic E-state index is -0.664. The van der Waals surface area contributed by atoms with Gasteiger partial charge in [0.1, 0.15) is 5.60 Å². The summed E-state index contributed by atoms with van der Waals surface area (Å²) in [5, 5.41) is 3.10. The highest BCUT2D eigenvalue weighted by Gasteiger charge is 2.37. The lowest BCUT2D eigenvalue weighted by molar-refractivity contribution is -0.151. The molecule has 0 bridgehead atoms. The van der Waals surface area contributed by atoms with Crippen molar-refractivity contribution in [3.05, 3.63) is 0 Å². The van der Waals surface area contributed by atoms with Gasteiger partial charge in [-0.1, -0.05) is 0 Å². The number of nitrogens with zero attached hydrogens (tertiary/aromatic N) is 1. The molecule has 0 aromatic heterocycles. The maximum Gasteiger partial charge on any atom is 0.252 e. The summed E-state index contributed by atoms with van der Waals surface area (Å²) in [6.45, 7) is 4.45. The third-order valence-electron chi connectivity index (χ3n) is 4.25. The average molecular weight is 283 g/mol. The first-order valence-corrected chi connectivity index (χ1v) is 7.45. The number of rotatable bonds is 4. The Morgan fingerprint density at radius 2 is 2.05 bits per heavy atom. The van der Waals surface area contributed by atoms with Crippen LogP contribution in [0.25, 0.3) is 0 Å². The Kier molecular flexibility index (Phi) is 4.99. The van der Waals surface area contributed by atoms with Gasteiger partial charge in [0.05, 0.1) is 6.54 Å². The summed E-state index contributed by atoms with van der Waals surface area (Å²) >= 11 is 0. The molecule has 0 aromatic carbocycles. The Hall–Kier alpha value is -1.14. The number of primary amides is 1. The standard InChI is InChI=1S/C14H25N3O3/c1-14(6-2-3-9-20-14)13(19)16-11-4-7-17(8-5-11)10-12(15)18/h11H,2-10H2,1H3,(H2,15,18)(H,16,19). The Labute approximate surface area is 120 Å². The largest absolute Gasteiger partial charge is 0.369 e. The first-order valence-electron chi connectivity index (χ1n) is 7.45. The van der Waals surface area contributed by atoms with Crippen molar-refractivity contribution in [1.29, 1.82) is 0 Å². The fourth-order valence-corrected chi connectivity index (χ4v) is 2.91.